The monoisotopic (exact) mass is 661 g/mol. The van der Waals surface area contributed by atoms with Crippen molar-refractivity contribution in [3.63, 3.8) is 0 Å². The van der Waals surface area contributed by atoms with Gasteiger partial charge in [-0.25, -0.2) is 9.97 Å². The Hall–Kier alpha value is -4.66. The molecule has 4 aromatic rings. The fraction of sp³-hybridized carbons (Fsp3) is 0.345. The second-order valence-corrected chi connectivity index (χ2v) is 11.0. The van der Waals surface area contributed by atoms with E-state index < -0.39 is 31.5 Å². The molecule has 0 radical (unpaired) electrons. The lowest BCUT2D eigenvalue weighted by Gasteiger charge is -2.17. The number of hydrogen-bond acceptors (Lipinski definition) is 11. The summed E-state index contributed by atoms with van der Waals surface area (Å²) in [6, 6.07) is 7.87. The van der Waals surface area contributed by atoms with Gasteiger partial charge in [0.2, 0.25) is 12.1 Å². The van der Waals surface area contributed by atoms with E-state index in [1.165, 1.54) is 20.2 Å². The minimum atomic E-state index is -4.84. The van der Waals surface area contributed by atoms with Crippen molar-refractivity contribution in [3.05, 3.63) is 65.2 Å². The van der Waals surface area contributed by atoms with Gasteiger partial charge in [-0.3, -0.25) is 9.48 Å². The zero-order chi connectivity index (χ0) is 33.4. The third-order valence-electron chi connectivity index (χ3n) is 6.69. The van der Waals surface area contributed by atoms with Crippen LogP contribution in [0, 0.1) is 6.92 Å². The van der Waals surface area contributed by atoms with Crippen molar-refractivity contribution in [3.8, 4) is 17.0 Å². The van der Waals surface area contributed by atoms with E-state index >= 15 is 0 Å². The maximum Gasteiger partial charge on any atom is 0.512 e. The van der Waals surface area contributed by atoms with Gasteiger partial charge in [0.05, 0.1) is 37.0 Å². The van der Waals surface area contributed by atoms with Crippen LogP contribution in [-0.4, -0.2) is 63.1 Å². The normalized spacial score (nSPS) is 11.7. The molecule has 0 fully saturated rings. The molecule has 1 aromatic carbocycles. The van der Waals surface area contributed by atoms with Gasteiger partial charge in [0, 0.05) is 43.2 Å². The summed E-state index contributed by atoms with van der Waals surface area (Å²) in [7, 11) is 0.869. The number of carbonyl (C=O) groups is 1. The van der Waals surface area contributed by atoms with Crippen LogP contribution < -0.4 is 20.7 Å². The number of benzene rings is 1. The van der Waals surface area contributed by atoms with Crippen molar-refractivity contribution in [1.29, 1.82) is 0 Å². The molecule has 1 amide bonds. The van der Waals surface area contributed by atoms with E-state index in [-0.39, 0.29) is 30.1 Å². The first-order chi connectivity index (χ1) is 22.0. The Bertz CT molecular complexity index is 1720. The van der Waals surface area contributed by atoms with Crippen molar-refractivity contribution in [1.82, 2.24) is 30.0 Å². The van der Waals surface area contributed by atoms with Gasteiger partial charge in [0.15, 0.2) is 5.69 Å². The summed E-state index contributed by atoms with van der Waals surface area (Å²) in [6.45, 7) is 4.31. The van der Waals surface area contributed by atoms with Gasteiger partial charge >= 0.3 is 14.2 Å². The number of halogens is 3. The number of methoxy groups -OCH3 is 1. The molecule has 1 atom stereocenters. The summed E-state index contributed by atoms with van der Waals surface area (Å²) in [6.07, 6.45) is -2.00. The number of nitrogens with zero attached hydrogens (tertiary/aromatic N) is 5. The fourth-order valence-corrected chi connectivity index (χ4v) is 5.29. The number of pyridine rings is 1. The molecule has 4 rings (SSSR count). The Morgan fingerprint density at radius 2 is 1.87 bits per heavy atom. The van der Waals surface area contributed by atoms with Crippen LogP contribution in [0.2, 0.25) is 0 Å². The Kier molecular flexibility index (Phi) is 11.2. The zero-order valence-electron chi connectivity index (χ0n) is 25.5. The van der Waals surface area contributed by atoms with Gasteiger partial charge in [0.25, 0.3) is 5.91 Å². The number of aryl methyl sites for hydroxylation is 1. The van der Waals surface area contributed by atoms with Crippen LogP contribution >= 0.6 is 8.03 Å². The van der Waals surface area contributed by atoms with Gasteiger partial charge < -0.3 is 25.8 Å². The van der Waals surface area contributed by atoms with Crippen molar-refractivity contribution in [2.75, 3.05) is 38.0 Å². The van der Waals surface area contributed by atoms with E-state index in [0.29, 0.717) is 54.0 Å². The van der Waals surface area contributed by atoms with Gasteiger partial charge in [-0.15, -0.1) is 4.52 Å². The molecule has 1 unspecified atom stereocenters. The first-order valence-electron chi connectivity index (χ1n) is 14.1. The highest BCUT2D eigenvalue weighted by atomic mass is 31.1. The molecule has 244 valence electrons. The molecule has 0 aliphatic carbocycles. The highest BCUT2D eigenvalue weighted by Gasteiger charge is 2.36. The second kappa shape index (κ2) is 15.1. The largest absolute Gasteiger partial charge is 0.512 e. The van der Waals surface area contributed by atoms with Crippen LogP contribution in [0.4, 0.5) is 36.3 Å². The summed E-state index contributed by atoms with van der Waals surface area (Å²) in [5, 5.41) is 21.4. The Labute approximate surface area is 263 Å². The molecule has 0 saturated heterocycles. The van der Waals surface area contributed by atoms with Crippen LogP contribution in [0.15, 0.2) is 42.7 Å². The number of amides is 1. The van der Waals surface area contributed by atoms with Gasteiger partial charge in [0.1, 0.15) is 17.1 Å². The number of ether oxygens (including phenoxy) is 1. The van der Waals surface area contributed by atoms with Crippen LogP contribution in [0.1, 0.15) is 40.7 Å². The molecule has 4 N–H and O–H groups in total. The van der Waals surface area contributed by atoms with Gasteiger partial charge in [-0.05, 0) is 49.1 Å². The Morgan fingerprint density at radius 1 is 1.11 bits per heavy atom. The number of carbonyl (C=O) groups excluding carboxylic acids is 1. The molecule has 13 nitrogen and oxygen atoms in total. The Balaban J connectivity index is 1.69. The molecule has 3 aromatic heterocycles. The topological polar surface area (TPSA) is 165 Å². The van der Waals surface area contributed by atoms with E-state index in [1.54, 1.807) is 42.1 Å². The zero-order valence-corrected chi connectivity index (χ0v) is 26.4. The van der Waals surface area contributed by atoms with Crippen LogP contribution in [-0.2, 0) is 28.0 Å². The third kappa shape index (κ3) is 8.13. The minimum absolute atomic E-state index is 0.00738. The van der Waals surface area contributed by atoms with Crippen LogP contribution in [0.5, 0.6) is 5.75 Å². The third-order valence-corrected chi connectivity index (χ3v) is 7.86. The summed E-state index contributed by atoms with van der Waals surface area (Å²) in [5.74, 6) is -1.15. The average Bonchev–Trinajstić information content (AvgIpc) is 3.39. The second-order valence-electron chi connectivity index (χ2n) is 9.76. The molecule has 0 saturated carbocycles. The van der Waals surface area contributed by atoms with Crippen LogP contribution in [0.25, 0.3) is 11.3 Å². The molecule has 0 aliphatic heterocycles. The lowest BCUT2D eigenvalue weighted by Crippen LogP contribution is -2.21. The summed E-state index contributed by atoms with van der Waals surface area (Å²) >= 11 is 0. The molecule has 0 bridgehead atoms. The van der Waals surface area contributed by atoms with Crippen molar-refractivity contribution < 1.29 is 36.9 Å². The van der Waals surface area contributed by atoms with E-state index in [1.807, 2.05) is 6.92 Å². The van der Waals surface area contributed by atoms with Crippen LogP contribution in [0.3, 0.4) is 0 Å². The maximum atomic E-state index is 14.1. The van der Waals surface area contributed by atoms with Gasteiger partial charge in [-0.2, -0.15) is 23.3 Å². The lowest BCUT2D eigenvalue weighted by molar-refractivity contribution is -0.137. The van der Waals surface area contributed by atoms with Crippen molar-refractivity contribution in [2.24, 2.45) is 0 Å². The Morgan fingerprint density at radius 3 is 2.54 bits per heavy atom. The van der Waals surface area contributed by atoms with E-state index in [4.69, 9.17) is 14.4 Å². The fourth-order valence-electron chi connectivity index (χ4n) is 4.41. The molecule has 0 aliphatic rings. The summed E-state index contributed by atoms with van der Waals surface area (Å²) < 4.78 is 66.4. The maximum absolute atomic E-state index is 14.1. The van der Waals surface area contributed by atoms with E-state index in [9.17, 15) is 22.5 Å². The van der Waals surface area contributed by atoms with Crippen molar-refractivity contribution in [2.45, 2.75) is 39.2 Å². The number of anilines is 4. The number of aliphatic hydroxyl groups excluding tert-OH is 1. The summed E-state index contributed by atoms with van der Waals surface area (Å²) in [4.78, 5) is 25.2. The number of alkyl halides is 3. The first-order valence-corrected chi connectivity index (χ1v) is 15.4. The number of aliphatic hydroxyl groups is 1. The summed E-state index contributed by atoms with van der Waals surface area (Å²) in [5.41, 5.74) is 1.35. The minimum Gasteiger partial charge on any atom is -0.495 e. The highest BCUT2D eigenvalue weighted by molar-refractivity contribution is 7.38. The first kappa shape index (κ1) is 34.2. The average molecular weight is 662 g/mol. The highest BCUT2D eigenvalue weighted by Crippen LogP contribution is 2.38. The lowest BCUT2D eigenvalue weighted by atomic mass is 10.1. The predicted molar refractivity (Wildman–Crippen MR) is 165 cm³/mol. The van der Waals surface area contributed by atoms with E-state index in [2.05, 4.69) is 36.0 Å². The smallest absolute Gasteiger partial charge is 0.495 e. The molecule has 46 heavy (non-hydrogen) atoms. The van der Waals surface area contributed by atoms with Gasteiger partial charge in [-0.1, -0.05) is 6.07 Å². The number of nitrogens with one attached hydrogen (secondary N) is 3. The van der Waals surface area contributed by atoms with E-state index in [0.717, 1.165) is 5.69 Å². The molecule has 3 heterocycles. The molecular weight excluding hydrogens is 628 g/mol. The van der Waals surface area contributed by atoms with Crippen molar-refractivity contribution >= 4 is 37.1 Å². The quantitative estimate of drug-likeness (QED) is 0.125. The standard InChI is InChI=1S/C29H32F3N8O5P/c1-5-45-46(43)16-18-7-8-22(24(13-18)44-4)38-28-34-15-20(29(30,31)32)26(39-28)37-23-10-9-21(36-25(23)27(42)33-3)19-14-35-40(17(19)2)11-6-12-41/h7-10,13-15,41H,5-6,11-12,16H2,1-4H3,(H2-,33,34,37,38,39,42)/p+1. The SMILES string of the molecule is CCO[P+](=O)Cc1ccc(Nc2ncc(C(F)(F)F)c(Nc3ccc(-c4cnn(CCCO)c4C)nc3C(=O)NC)n2)c(OC)c1. The molecule has 17 heteroatoms. The number of hydrogen-bond donors (Lipinski definition) is 4. The number of rotatable bonds is 14. The predicted octanol–water partition coefficient (Wildman–Crippen LogP) is 5.58. The number of aromatic nitrogens is 5. The molecule has 0 spiro atoms. The molecular formula is C29H33F3N8O5P+.